The zero-order chi connectivity index (χ0) is 15.9. The molecule has 1 aliphatic heterocycles. The molecule has 22 heavy (non-hydrogen) atoms. The van der Waals surface area contributed by atoms with Crippen molar-refractivity contribution in [2.45, 2.75) is 24.3 Å². The Labute approximate surface area is 133 Å². The average Bonchev–Trinajstić information content (AvgIpc) is 2.95. The Kier molecular flexibility index (Phi) is 3.94. The minimum absolute atomic E-state index is 0.275. The van der Waals surface area contributed by atoms with Crippen LogP contribution in [0, 0.1) is 5.82 Å². The van der Waals surface area contributed by atoms with Crippen LogP contribution in [0.1, 0.15) is 13.8 Å². The zero-order valence-electron chi connectivity index (χ0n) is 12.4. The Bertz CT molecular complexity index is 753. The van der Waals surface area contributed by atoms with Crippen LogP contribution in [0.25, 0.3) is 11.3 Å². The summed E-state index contributed by atoms with van der Waals surface area (Å²) in [4.78, 5) is 6.60. The van der Waals surface area contributed by atoms with Crippen LogP contribution in [0.5, 0.6) is 0 Å². The Morgan fingerprint density at radius 2 is 1.77 bits per heavy atom. The first kappa shape index (κ1) is 15.4. The third-order valence-electron chi connectivity index (χ3n) is 3.98. The second-order valence-electron chi connectivity index (χ2n) is 5.64. The van der Waals surface area contributed by atoms with Crippen LogP contribution in [0.4, 0.5) is 9.52 Å². The highest BCUT2D eigenvalue weighted by Gasteiger charge is 2.36. The van der Waals surface area contributed by atoms with Crippen molar-refractivity contribution in [2.75, 3.05) is 18.0 Å². The number of sulfone groups is 1. The first-order chi connectivity index (χ1) is 10.4. The molecule has 0 radical (unpaired) electrons. The lowest BCUT2D eigenvalue weighted by molar-refractivity contribution is 0.549. The highest BCUT2D eigenvalue weighted by molar-refractivity contribution is 7.92. The van der Waals surface area contributed by atoms with Gasteiger partial charge in [0, 0.05) is 24.0 Å². The maximum absolute atomic E-state index is 13.0. The molecule has 1 aromatic carbocycles. The van der Waals surface area contributed by atoms with Gasteiger partial charge in [0.1, 0.15) is 5.82 Å². The summed E-state index contributed by atoms with van der Waals surface area (Å²) in [5, 5.41) is 1.94. The number of aromatic nitrogens is 1. The van der Waals surface area contributed by atoms with E-state index in [1.807, 2.05) is 10.3 Å². The van der Waals surface area contributed by atoms with Crippen molar-refractivity contribution in [3.8, 4) is 11.3 Å². The summed E-state index contributed by atoms with van der Waals surface area (Å²) in [5.41, 5.74) is 1.64. The number of anilines is 1. The molecule has 0 bridgehead atoms. The summed E-state index contributed by atoms with van der Waals surface area (Å²) < 4.78 is 37.1. The van der Waals surface area contributed by atoms with E-state index >= 15 is 0 Å². The number of thiazole rings is 1. The Balaban J connectivity index is 1.84. The smallest absolute Gasteiger partial charge is 0.185 e. The maximum Gasteiger partial charge on any atom is 0.185 e. The van der Waals surface area contributed by atoms with E-state index in [-0.39, 0.29) is 5.82 Å². The zero-order valence-corrected chi connectivity index (χ0v) is 14.0. The van der Waals surface area contributed by atoms with E-state index in [4.69, 9.17) is 0 Å². The second-order valence-corrected chi connectivity index (χ2v) is 9.26. The molecule has 2 heterocycles. The number of hydrogen-bond acceptors (Lipinski definition) is 5. The molecular formula is C15H17FN2O2S2. The van der Waals surface area contributed by atoms with Gasteiger partial charge in [0.15, 0.2) is 15.0 Å². The van der Waals surface area contributed by atoms with Crippen molar-refractivity contribution in [1.82, 2.24) is 4.98 Å². The quantitative estimate of drug-likeness (QED) is 0.843. The monoisotopic (exact) mass is 340 g/mol. The molecule has 1 aliphatic rings. The fourth-order valence-corrected chi connectivity index (χ4v) is 5.04. The SMILES string of the molecule is CC1CN(c2nc(-c3ccc(F)cc3)cs2)CC(C)S1(=O)=O. The standard InChI is InChI=1S/C15H17FN2O2S2/c1-10-7-18(8-11(2)22(10,19)20)15-17-14(9-21-15)12-3-5-13(16)6-4-12/h3-6,9-11H,7-8H2,1-2H3. The van der Waals surface area contributed by atoms with Crippen molar-refractivity contribution in [3.63, 3.8) is 0 Å². The van der Waals surface area contributed by atoms with Crippen molar-refractivity contribution < 1.29 is 12.8 Å². The Morgan fingerprint density at radius 3 is 2.36 bits per heavy atom. The molecule has 4 nitrogen and oxygen atoms in total. The van der Waals surface area contributed by atoms with E-state index in [1.165, 1.54) is 23.5 Å². The lowest BCUT2D eigenvalue weighted by Crippen LogP contribution is -2.50. The van der Waals surface area contributed by atoms with Crippen molar-refractivity contribution in [3.05, 3.63) is 35.5 Å². The first-order valence-corrected chi connectivity index (χ1v) is 9.56. The molecule has 0 saturated carbocycles. The highest BCUT2D eigenvalue weighted by atomic mass is 32.2. The average molecular weight is 340 g/mol. The van der Waals surface area contributed by atoms with Gasteiger partial charge in [-0.3, -0.25) is 0 Å². The van der Waals surface area contributed by atoms with Gasteiger partial charge in [0.05, 0.1) is 16.2 Å². The largest absolute Gasteiger partial charge is 0.345 e. The van der Waals surface area contributed by atoms with E-state index in [0.29, 0.717) is 13.1 Å². The fraction of sp³-hybridized carbons (Fsp3) is 0.400. The van der Waals surface area contributed by atoms with Crippen LogP contribution in [-0.4, -0.2) is 37.0 Å². The minimum Gasteiger partial charge on any atom is -0.345 e. The van der Waals surface area contributed by atoms with Crippen LogP contribution >= 0.6 is 11.3 Å². The predicted molar refractivity (Wildman–Crippen MR) is 87.6 cm³/mol. The lowest BCUT2D eigenvalue weighted by atomic mass is 10.2. The van der Waals surface area contributed by atoms with E-state index in [9.17, 15) is 12.8 Å². The molecule has 7 heteroatoms. The molecule has 1 fully saturated rings. The van der Waals surface area contributed by atoms with Crippen molar-refractivity contribution in [2.24, 2.45) is 0 Å². The summed E-state index contributed by atoms with van der Waals surface area (Å²) in [7, 11) is -3.04. The normalized spacial score (nSPS) is 24.4. The summed E-state index contributed by atoms with van der Waals surface area (Å²) in [5.74, 6) is -0.275. The molecule has 118 valence electrons. The van der Waals surface area contributed by atoms with Gasteiger partial charge in [-0.25, -0.2) is 17.8 Å². The van der Waals surface area contributed by atoms with Gasteiger partial charge in [0.25, 0.3) is 0 Å². The van der Waals surface area contributed by atoms with Gasteiger partial charge < -0.3 is 4.90 Å². The summed E-state index contributed by atoms with van der Waals surface area (Å²) in [6, 6.07) is 6.21. The second kappa shape index (κ2) is 5.62. The molecule has 0 N–H and O–H groups in total. The molecule has 2 unspecified atom stereocenters. The van der Waals surface area contributed by atoms with Crippen LogP contribution in [-0.2, 0) is 9.84 Å². The van der Waals surface area contributed by atoms with E-state index in [0.717, 1.165) is 16.4 Å². The third kappa shape index (κ3) is 2.75. The number of rotatable bonds is 2. The Hall–Kier alpha value is -1.47. The Morgan fingerprint density at radius 1 is 1.18 bits per heavy atom. The first-order valence-electron chi connectivity index (χ1n) is 7.07. The topological polar surface area (TPSA) is 50.3 Å². The van der Waals surface area contributed by atoms with Gasteiger partial charge in [-0.1, -0.05) is 0 Å². The van der Waals surface area contributed by atoms with Crippen LogP contribution < -0.4 is 4.90 Å². The molecule has 1 saturated heterocycles. The number of benzene rings is 1. The van der Waals surface area contributed by atoms with E-state index < -0.39 is 20.3 Å². The van der Waals surface area contributed by atoms with Gasteiger partial charge >= 0.3 is 0 Å². The van der Waals surface area contributed by atoms with E-state index in [2.05, 4.69) is 4.98 Å². The van der Waals surface area contributed by atoms with Gasteiger partial charge in [-0.2, -0.15) is 0 Å². The summed E-state index contributed by atoms with van der Waals surface area (Å²) >= 11 is 1.49. The van der Waals surface area contributed by atoms with Crippen molar-refractivity contribution >= 4 is 26.3 Å². The predicted octanol–water partition coefficient (Wildman–Crippen LogP) is 2.96. The van der Waals surface area contributed by atoms with Crippen LogP contribution in [0.15, 0.2) is 29.6 Å². The van der Waals surface area contributed by atoms with Crippen LogP contribution in [0.3, 0.4) is 0 Å². The fourth-order valence-electron chi connectivity index (χ4n) is 2.62. The highest BCUT2D eigenvalue weighted by Crippen LogP contribution is 2.30. The van der Waals surface area contributed by atoms with E-state index in [1.54, 1.807) is 26.0 Å². The third-order valence-corrected chi connectivity index (χ3v) is 7.42. The molecular weight excluding hydrogens is 323 g/mol. The summed E-state index contributed by atoms with van der Waals surface area (Å²) in [6.45, 7) is 4.41. The maximum atomic E-state index is 13.0. The molecule has 0 amide bonds. The number of halogens is 1. The summed E-state index contributed by atoms with van der Waals surface area (Å²) in [6.07, 6.45) is 0. The number of hydrogen-bond donors (Lipinski definition) is 0. The van der Waals surface area contributed by atoms with Gasteiger partial charge in [0.2, 0.25) is 0 Å². The molecule has 0 aliphatic carbocycles. The lowest BCUT2D eigenvalue weighted by Gasteiger charge is -2.34. The molecule has 3 rings (SSSR count). The molecule has 2 aromatic rings. The molecule has 1 aromatic heterocycles. The van der Waals surface area contributed by atoms with Gasteiger partial charge in [-0.15, -0.1) is 11.3 Å². The van der Waals surface area contributed by atoms with Crippen LogP contribution in [0.2, 0.25) is 0 Å². The van der Waals surface area contributed by atoms with Gasteiger partial charge in [-0.05, 0) is 38.1 Å². The number of nitrogens with zero attached hydrogens (tertiary/aromatic N) is 2. The molecule has 2 atom stereocenters. The molecule has 0 spiro atoms. The van der Waals surface area contributed by atoms with Crippen molar-refractivity contribution in [1.29, 1.82) is 0 Å². The minimum atomic E-state index is -3.04.